The average molecular weight is 322 g/mol. The second kappa shape index (κ2) is 7.77. The van der Waals surface area contributed by atoms with Gasteiger partial charge in [-0.25, -0.2) is 0 Å². The van der Waals surface area contributed by atoms with E-state index in [-0.39, 0.29) is 24.3 Å². The van der Waals surface area contributed by atoms with E-state index in [0.29, 0.717) is 12.1 Å². The first kappa shape index (κ1) is 16.2. The lowest BCUT2D eigenvalue weighted by atomic mass is 9.88. The van der Waals surface area contributed by atoms with Crippen molar-refractivity contribution in [1.29, 1.82) is 0 Å². The van der Waals surface area contributed by atoms with E-state index >= 15 is 0 Å². The molecule has 0 radical (unpaired) electrons. The van der Waals surface area contributed by atoms with Crippen molar-refractivity contribution in [3.05, 3.63) is 71.3 Å². The lowest BCUT2D eigenvalue weighted by molar-refractivity contribution is -0.121. The molecule has 2 aromatic rings. The molecular weight excluding hydrogens is 300 g/mol. The summed E-state index contributed by atoms with van der Waals surface area (Å²) in [5.74, 6) is -0.170. The molecule has 4 heteroatoms. The Morgan fingerprint density at radius 1 is 1.00 bits per heavy atom. The van der Waals surface area contributed by atoms with Crippen molar-refractivity contribution in [2.45, 2.75) is 31.7 Å². The van der Waals surface area contributed by atoms with Crippen LogP contribution >= 0.6 is 0 Å². The number of carbonyl (C=O) groups is 2. The van der Waals surface area contributed by atoms with E-state index < -0.39 is 0 Å². The second-order valence-corrected chi connectivity index (χ2v) is 6.08. The maximum atomic E-state index is 12.2. The summed E-state index contributed by atoms with van der Waals surface area (Å²) in [7, 11) is 0. The average Bonchev–Trinajstić information content (AvgIpc) is 2.63. The summed E-state index contributed by atoms with van der Waals surface area (Å²) in [5.41, 5.74) is 3.16. The van der Waals surface area contributed by atoms with Crippen LogP contribution in [0.15, 0.2) is 54.6 Å². The van der Waals surface area contributed by atoms with Crippen LogP contribution in [0, 0.1) is 0 Å². The van der Waals surface area contributed by atoms with Gasteiger partial charge in [-0.15, -0.1) is 0 Å². The summed E-state index contributed by atoms with van der Waals surface area (Å²) >= 11 is 0. The highest BCUT2D eigenvalue weighted by atomic mass is 16.2. The maximum absolute atomic E-state index is 12.2. The first-order valence-electron chi connectivity index (χ1n) is 8.44. The molecule has 0 saturated heterocycles. The van der Waals surface area contributed by atoms with Crippen LogP contribution in [-0.4, -0.2) is 18.4 Å². The Labute approximate surface area is 142 Å². The normalized spacial score (nSPS) is 16.1. The smallest absolute Gasteiger partial charge is 0.251 e. The predicted octanol–water partition coefficient (Wildman–Crippen LogP) is 3.00. The van der Waals surface area contributed by atoms with Crippen molar-refractivity contribution >= 4 is 11.8 Å². The second-order valence-electron chi connectivity index (χ2n) is 6.08. The van der Waals surface area contributed by atoms with Crippen molar-refractivity contribution in [3.8, 4) is 0 Å². The summed E-state index contributed by atoms with van der Waals surface area (Å²) in [6.45, 7) is 0.341. The molecule has 0 fully saturated rings. The molecular formula is C20H22N2O2. The van der Waals surface area contributed by atoms with Gasteiger partial charge in [0.1, 0.15) is 0 Å². The van der Waals surface area contributed by atoms with Crippen molar-refractivity contribution < 1.29 is 9.59 Å². The van der Waals surface area contributed by atoms with Crippen LogP contribution in [0.1, 0.15) is 46.8 Å². The number of carbonyl (C=O) groups excluding carboxylic acids is 2. The van der Waals surface area contributed by atoms with Crippen molar-refractivity contribution in [1.82, 2.24) is 10.6 Å². The van der Waals surface area contributed by atoms with Gasteiger partial charge < -0.3 is 10.6 Å². The molecule has 2 amide bonds. The summed E-state index contributed by atoms with van der Waals surface area (Å²) < 4.78 is 0. The number of hydrogen-bond acceptors (Lipinski definition) is 2. The summed E-state index contributed by atoms with van der Waals surface area (Å²) in [4.78, 5) is 24.1. The third kappa shape index (κ3) is 4.02. The zero-order valence-electron chi connectivity index (χ0n) is 13.6. The van der Waals surface area contributed by atoms with Gasteiger partial charge in [0, 0.05) is 18.5 Å². The molecule has 1 atom stereocenters. The van der Waals surface area contributed by atoms with E-state index in [1.165, 1.54) is 11.1 Å². The Bertz CT molecular complexity index is 713. The van der Waals surface area contributed by atoms with E-state index in [1.807, 2.05) is 30.3 Å². The van der Waals surface area contributed by atoms with Gasteiger partial charge in [0.05, 0.1) is 6.04 Å². The Balaban J connectivity index is 1.48. The molecule has 3 rings (SSSR count). The SMILES string of the molecule is O=C(CCNC(=O)c1ccccc1)N[C@@H]1CCCc2ccccc21. The first-order valence-corrected chi connectivity index (χ1v) is 8.44. The van der Waals surface area contributed by atoms with Crippen LogP contribution in [0.3, 0.4) is 0 Å². The quantitative estimate of drug-likeness (QED) is 0.889. The Hall–Kier alpha value is -2.62. The monoisotopic (exact) mass is 322 g/mol. The minimum Gasteiger partial charge on any atom is -0.352 e. The van der Waals surface area contributed by atoms with Crippen LogP contribution in [0.25, 0.3) is 0 Å². The number of benzene rings is 2. The third-order valence-corrected chi connectivity index (χ3v) is 4.38. The zero-order chi connectivity index (χ0) is 16.8. The predicted molar refractivity (Wildman–Crippen MR) is 93.7 cm³/mol. The summed E-state index contributed by atoms with van der Waals surface area (Å²) in [6.07, 6.45) is 3.43. The van der Waals surface area contributed by atoms with E-state index in [2.05, 4.69) is 22.8 Å². The highest BCUT2D eigenvalue weighted by Crippen LogP contribution is 2.29. The summed E-state index contributed by atoms with van der Waals surface area (Å²) in [5, 5.41) is 5.88. The highest BCUT2D eigenvalue weighted by Gasteiger charge is 2.21. The molecule has 0 aliphatic heterocycles. The molecule has 0 saturated carbocycles. The van der Waals surface area contributed by atoms with Gasteiger partial charge in [0.25, 0.3) is 5.91 Å². The number of amides is 2. The van der Waals surface area contributed by atoms with Gasteiger partial charge in [0.2, 0.25) is 5.91 Å². The minimum absolute atomic E-state index is 0.0231. The fraction of sp³-hybridized carbons (Fsp3) is 0.300. The molecule has 4 nitrogen and oxygen atoms in total. The van der Waals surface area contributed by atoms with Gasteiger partial charge in [0.15, 0.2) is 0 Å². The van der Waals surface area contributed by atoms with Crippen LogP contribution < -0.4 is 10.6 Å². The molecule has 1 aliphatic rings. The summed E-state index contributed by atoms with van der Waals surface area (Å²) in [6, 6.07) is 17.4. The number of hydrogen-bond donors (Lipinski definition) is 2. The lowest BCUT2D eigenvalue weighted by Crippen LogP contribution is -2.34. The Morgan fingerprint density at radius 3 is 2.58 bits per heavy atom. The molecule has 24 heavy (non-hydrogen) atoms. The fourth-order valence-corrected chi connectivity index (χ4v) is 3.15. The lowest BCUT2D eigenvalue weighted by Gasteiger charge is -2.26. The van der Waals surface area contributed by atoms with Gasteiger partial charge in [-0.05, 0) is 42.5 Å². The number of aryl methyl sites for hydroxylation is 1. The van der Waals surface area contributed by atoms with Crippen molar-refractivity contribution in [2.24, 2.45) is 0 Å². The van der Waals surface area contributed by atoms with E-state index in [4.69, 9.17) is 0 Å². The highest BCUT2D eigenvalue weighted by molar-refractivity contribution is 5.94. The molecule has 1 aliphatic carbocycles. The molecule has 0 aromatic heterocycles. The minimum atomic E-state index is -0.147. The van der Waals surface area contributed by atoms with Crippen LogP contribution in [-0.2, 0) is 11.2 Å². The van der Waals surface area contributed by atoms with Gasteiger partial charge >= 0.3 is 0 Å². The largest absolute Gasteiger partial charge is 0.352 e. The van der Waals surface area contributed by atoms with Crippen LogP contribution in [0.4, 0.5) is 0 Å². The van der Waals surface area contributed by atoms with Gasteiger partial charge in [-0.2, -0.15) is 0 Å². The van der Waals surface area contributed by atoms with Gasteiger partial charge in [-0.1, -0.05) is 42.5 Å². The van der Waals surface area contributed by atoms with Crippen molar-refractivity contribution in [2.75, 3.05) is 6.54 Å². The number of rotatable bonds is 5. The molecule has 0 heterocycles. The molecule has 0 spiro atoms. The van der Waals surface area contributed by atoms with E-state index in [1.54, 1.807) is 12.1 Å². The third-order valence-electron chi connectivity index (χ3n) is 4.38. The van der Waals surface area contributed by atoms with Crippen LogP contribution in [0.2, 0.25) is 0 Å². The molecule has 2 N–H and O–H groups in total. The molecule has 0 bridgehead atoms. The Kier molecular flexibility index (Phi) is 5.26. The van der Waals surface area contributed by atoms with Gasteiger partial charge in [-0.3, -0.25) is 9.59 Å². The standard InChI is InChI=1S/C20H22N2O2/c23-19(13-14-21-20(24)16-8-2-1-3-9-16)22-18-12-6-10-15-7-4-5-11-17(15)18/h1-5,7-9,11,18H,6,10,12-14H2,(H,21,24)(H,22,23)/t18-/m1/s1. The molecule has 124 valence electrons. The maximum Gasteiger partial charge on any atom is 0.251 e. The molecule has 2 aromatic carbocycles. The van der Waals surface area contributed by atoms with E-state index in [9.17, 15) is 9.59 Å². The topological polar surface area (TPSA) is 58.2 Å². The van der Waals surface area contributed by atoms with Crippen molar-refractivity contribution in [3.63, 3.8) is 0 Å². The van der Waals surface area contributed by atoms with Crippen LogP contribution in [0.5, 0.6) is 0 Å². The fourth-order valence-electron chi connectivity index (χ4n) is 3.15. The Morgan fingerprint density at radius 2 is 1.75 bits per heavy atom. The number of nitrogens with one attached hydrogen (secondary N) is 2. The zero-order valence-corrected chi connectivity index (χ0v) is 13.6. The van der Waals surface area contributed by atoms with E-state index in [0.717, 1.165) is 19.3 Å². The number of fused-ring (bicyclic) bond motifs is 1. The first-order chi connectivity index (χ1) is 11.7. The molecule has 0 unspecified atom stereocenters.